The molecule has 1 heterocycles. The summed E-state index contributed by atoms with van der Waals surface area (Å²) >= 11 is 0. The van der Waals surface area contributed by atoms with E-state index in [1.165, 1.54) is 7.11 Å². The molecule has 0 radical (unpaired) electrons. The molecule has 0 saturated carbocycles. The standard InChI is InChI=1S/C12H11F3N4O/c1-20-9-5-3-2-4-7(9)8-6-10(12(13,14)15)18-11(17-8)19-16/h2-6H,16H2,1H3,(H,17,18,19). The number of para-hydroxylation sites is 1. The van der Waals surface area contributed by atoms with Gasteiger partial charge in [-0.1, -0.05) is 12.1 Å². The molecule has 20 heavy (non-hydrogen) atoms. The predicted octanol–water partition coefficient (Wildman–Crippen LogP) is 2.46. The van der Waals surface area contributed by atoms with Crippen molar-refractivity contribution < 1.29 is 17.9 Å². The molecule has 5 nitrogen and oxygen atoms in total. The van der Waals surface area contributed by atoms with Gasteiger partial charge in [0.25, 0.3) is 0 Å². The van der Waals surface area contributed by atoms with Crippen molar-refractivity contribution in [2.24, 2.45) is 5.84 Å². The lowest BCUT2D eigenvalue weighted by atomic mass is 10.1. The first-order chi connectivity index (χ1) is 9.45. The summed E-state index contributed by atoms with van der Waals surface area (Å²) in [6.07, 6.45) is -4.59. The van der Waals surface area contributed by atoms with Crippen molar-refractivity contribution in [2.75, 3.05) is 12.5 Å². The molecule has 0 aliphatic carbocycles. The minimum absolute atomic E-state index is 0.0673. The van der Waals surface area contributed by atoms with E-state index in [1.54, 1.807) is 24.3 Å². The number of hydrazine groups is 1. The largest absolute Gasteiger partial charge is 0.496 e. The summed E-state index contributed by atoms with van der Waals surface area (Å²) in [6, 6.07) is 7.44. The van der Waals surface area contributed by atoms with Crippen molar-refractivity contribution in [3.8, 4) is 17.0 Å². The van der Waals surface area contributed by atoms with Crippen LogP contribution in [0, 0.1) is 0 Å². The molecule has 2 rings (SSSR count). The number of nitrogens with two attached hydrogens (primary N) is 1. The van der Waals surface area contributed by atoms with E-state index >= 15 is 0 Å². The van der Waals surface area contributed by atoms with Crippen LogP contribution in [0.3, 0.4) is 0 Å². The van der Waals surface area contributed by atoms with Crippen LogP contribution in [0.25, 0.3) is 11.3 Å². The quantitative estimate of drug-likeness (QED) is 0.669. The zero-order valence-corrected chi connectivity index (χ0v) is 10.4. The number of anilines is 1. The van der Waals surface area contributed by atoms with Gasteiger partial charge in [0, 0.05) is 5.56 Å². The molecule has 0 fully saturated rings. The molecule has 0 saturated heterocycles. The summed E-state index contributed by atoms with van der Waals surface area (Å²) in [5.41, 5.74) is 1.43. The first-order valence-corrected chi connectivity index (χ1v) is 5.52. The Kier molecular flexibility index (Phi) is 3.75. The minimum atomic E-state index is -4.59. The van der Waals surface area contributed by atoms with Crippen molar-refractivity contribution >= 4 is 5.95 Å². The van der Waals surface area contributed by atoms with Crippen molar-refractivity contribution in [3.05, 3.63) is 36.0 Å². The maximum atomic E-state index is 12.8. The molecule has 0 atom stereocenters. The SMILES string of the molecule is COc1ccccc1-c1cc(C(F)(F)F)nc(NN)n1. The van der Waals surface area contributed by atoms with Crippen LogP contribution in [0.5, 0.6) is 5.75 Å². The first-order valence-electron chi connectivity index (χ1n) is 5.52. The van der Waals surface area contributed by atoms with E-state index in [-0.39, 0.29) is 11.6 Å². The number of nitrogen functional groups attached to an aromatic ring is 1. The van der Waals surface area contributed by atoms with Crippen molar-refractivity contribution in [1.29, 1.82) is 0 Å². The molecule has 1 aromatic carbocycles. The van der Waals surface area contributed by atoms with Gasteiger partial charge in [0.15, 0.2) is 5.69 Å². The van der Waals surface area contributed by atoms with Crippen molar-refractivity contribution in [3.63, 3.8) is 0 Å². The number of hydrogen-bond donors (Lipinski definition) is 2. The number of alkyl halides is 3. The van der Waals surface area contributed by atoms with Gasteiger partial charge in [-0.05, 0) is 18.2 Å². The number of nitrogens with one attached hydrogen (secondary N) is 1. The van der Waals surface area contributed by atoms with E-state index in [1.807, 2.05) is 5.43 Å². The van der Waals surface area contributed by atoms with E-state index in [0.29, 0.717) is 11.3 Å². The van der Waals surface area contributed by atoms with Gasteiger partial charge in [0.05, 0.1) is 12.8 Å². The second kappa shape index (κ2) is 5.33. The van der Waals surface area contributed by atoms with Crippen molar-refractivity contribution in [2.45, 2.75) is 6.18 Å². The van der Waals surface area contributed by atoms with Gasteiger partial charge in [0.1, 0.15) is 5.75 Å². The number of aromatic nitrogens is 2. The Balaban J connectivity index is 2.62. The third kappa shape index (κ3) is 2.80. The third-order valence-electron chi connectivity index (χ3n) is 2.53. The van der Waals surface area contributed by atoms with Gasteiger partial charge < -0.3 is 4.74 Å². The highest BCUT2D eigenvalue weighted by molar-refractivity contribution is 5.68. The van der Waals surface area contributed by atoms with Crippen LogP contribution in [0.1, 0.15) is 5.69 Å². The van der Waals surface area contributed by atoms with Crippen LogP contribution in [0.15, 0.2) is 30.3 Å². The Morgan fingerprint density at radius 1 is 1.20 bits per heavy atom. The molecule has 0 unspecified atom stereocenters. The van der Waals surface area contributed by atoms with E-state index in [0.717, 1.165) is 6.07 Å². The van der Waals surface area contributed by atoms with Gasteiger partial charge >= 0.3 is 6.18 Å². The third-order valence-corrected chi connectivity index (χ3v) is 2.53. The molecular formula is C12H11F3N4O. The van der Waals surface area contributed by atoms with Crippen molar-refractivity contribution in [1.82, 2.24) is 9.97 Å². The summed E-state index contributed by atoms with van der Waals surface area (Å²) < 4.78 is 43.5. The van der Waals surface area contributed by atoms with E-state index in [4.69, 9.17) is 10.6 Å². The monoisotopic (exact) mass is 284 g/mol. The smallest absolute Gasteiger partial charge is 0.433 e. The average molecular weight is 284 g/mol. The van der Waals surface area contributed by atoms with Crippen LogP contribution in [-0.4, -0.2) is 17.1 Å². The molecule has 0 aliphatic heterocycles. The van der Waals surface area contributed by atoms with Crippen LogP contribution >= 0.6 is 0 Å². The van der Waals surface area contributed by atoms with Gasteiger partial charge in [-0.2, -0.15) is 13.2 Å². The Morgan fingerprint density at radius 3 is 2.50 bits per heavy atom. The lowest BCUT2D eigenvalue weighted by molar-refractivity contribution is -0.141. The number of halogens is 3. The molecule has 2 aromatic rings. The summed E-state index contributed by atoms with van der Waals surface area (Å²) in [5.74, 6) is 5.19. The summed E-state index contributed by atoms with van der Waals surface area (Å²) in [5, 5.41) is 0. The van der Waals surface area contributed by atoms with Crippen LogP contribution in [0.4, 0.5) is 19.1 Å². The molecule has 0 bridgehead atoms. The molecular weight excluding hydrogens is 273 g/mol. The second-order valence-corrected chi connectivity index (χ2v) is 3.80. The number of benzene rings is 1. The zero-order chi connectivity index (χ0) is 14.8. The van der Waals surface area contributed by atoms with Crippen LogP contribution < -0.4 is 16.0 Å². The molecule has 0 amide bonds. The van der Waals surface area contributed by atoms with Gasteiger partial charge in [-0.3, -0.25) is 5.43 Å². The van der Waals surface area contributed by atoms with Gasteiger partial charge in [-0.25, -0.2) is 15.8 Å². The summed E-state index contributed by atoms with van der Waals surface area (Å²) in [7, 11) is 1.42. The molecule has 8 heteroatoms. The highest BCUT2D eigenvalue weighted by Gasteiger charge is 2.34. The number of rotatable bonds is 3. The Labute approximate surface area is 112 Å². The molecule has 3 N–H and O–H groups in total. The fourth-order valence-electron chi connectivity index (χ4n) is 1.65. The maximum Gasteiger partial charge on any atom is 0.433 e. The molecule has 0 aliphatic rings. The number of hydrogen-bond acceptors (Lipinski definition) is 5. The number of nitrogens with zero attached hydrogens (tertiary/aromatic N) is 2. The fourth-order valence-corrected chi connectivity index (χ4v) is 1.65. The van der Waals surface area contributed by atoms with Gasteiger partial charge in [0.2, 0.25) is 5.95 Å². The minimum Gasteiger partial charge on any atom is -0.496 e. The Morgan fingerprint density at radius 2 is 1.90 bits per heavy atom. The average Bonchev–Trinajstić information content (AvgIpc) is 2.45. The first kappa shape index (κ1) is 14.1. The Hall–Kier alpha value is -2.35. The fraction of sp³-hybridized carbons (Fsp3) is 0.167. The lowest BCUT2D eigenvalue weighted by Gasteiger charge is -2.12. The normalized spacial score (nSPS) is 11.2. The van der Waals surface area contributed by atoms with Crippen LogP contribution in [0.2, 0.25) is 0 Å². The molecule has 1 aromatic heterocycles. The Bertz CT molecular complexity index is 616. The summed E-state index contributed by atoms with van der Waals surface area (Å²) in [4.78, 5) is 7.21. The second-order valence-electron chi connectivity index (χ2n) is 3.80. The summed E-state index contributed by atoms with van der Waals surface area (Å²) in [6.45, 7) is 0. The molecule has 0 spiro atoms. The topological polar surface area (TPSA) is 73.1 Å². The zero-order valence-electron chi connectivity index (χ0n) is 10.4. The van der Waals surface area contributed by atoms with Gasteiger partial charge in [-0.15, -0.1) is 0 Å². The highest BCUT2D eigenvalue weighted by atomic mass is 19.4. The molecule has 106 valence electrons. The maximum absolute atomic E-state index is 12.8. The van der Waals surface area contributed by atoms with E-state index < -0.39 is 11.9 Å². The van der Waals surface area contributed by atoms with E-state index in [2.05, 4.69) is 9.97 Å². The number of ether oxygens (including phenoxy) is 1. The number of methoxy groups -OCH3 is 1. The lowest BCUT2D eigenvalue weighted by Crippen LogP contribution is -2.15. The highest BCUT2D eigenvalue weighted by Crippen LogP contribution is 2.33. The van der Waals surface area contributed by atoms with E-state index in [9.17, 15) is 13.2 Å². The predicted molar refractivity (Wildman–Crippen MR) is 66.8 cm³/mol. The van der Waals surface area contributed by atoms with Crippen LogP contribution in [-0.2, 0) is 6.18 Å².